The number of ether oxygens (including phenoxy) is 1. The predicted octanol–water partition coefficient (Wildman–Crippen LogP) is 2.98. The number of rotatable bonds is 3. The zero-order chi connectivity index (χ0) is 11.6. The van der Waals surface area contributed by atoms with Crippen molar-refractivity contribution in [3.8, 4) is 5.75 Å². The van der Waals surface area contributed by atoms with E-state index < -0.39 is 0 Å². The fourth-order valence-corrected chi connectivity index (χ4v) is 2.34. The van der Waals surface area contributed by atoms with E-state index in [1.165, 1.54) is 5.57 Å². The maximum Gasteiger partial charge on any atom is 0.128 e. The van der Waals surface area contributed by atoms with Gasteiger partial charge in [-0.3, -0.25) is 0 Å². The van der Waals surface area contributed by atoms with Crippen LogP contribution in [-0.4, -0.2) is 12.1 Å². The number of hydrogen-bond acceptors (Lipinski definition) is 2. The van der Waals surface area contributed by atoms with E-state index >= 15 is 0 Å². The molecule has 0 aromatic heterocycles. The van der Waals surface area contributed by atoms with Gasteiger partial charge in [0, 0.05) is 12.1 Å². The fraction of sp³-hybridized carbons (Fsp3) is 0.429. The molecule has 86 valence electrons. The molecular formula is C14H19NO. The smallest absolute Gasteiger partial charge is 0.128 e. The highest BCUT2D eigenvalue weighted by Gasteiger charge is 2.29. The van der Waals surface area contributed by atoms with Crippen LogP contribution < -0.4 is 10.5 Å². The minimum atomic E-state index is -0.197. The van der Waals surface area contributed by atoms with Crippen LogP contribution in [0.25, 0.3) is 5.57 Å². The highest BCUT2D eigenvalue weighted by atomic mass is 16.5. The summed E-state index contributed by atoms with van der Waals surface area (Å²) in [5.41, 5.74) is 7.94. The van der Waals surface area contributed by atoms with E-state index in [4.69, 9.17) is 10.5 Å². The molecule has 0 radical (unpaired) electrons. The van der Waals surface area contributed by atoms with Gasteiger partial charge in [-0.2, -0.15) is 0 Å². The quantitative estimate of drug-likeness (QED) is 0.844. The van der Waals surface area contributed by atoms with Crippen LogP contribution in [-0.2, 0) is 0 Å². The molecule has 0 amide bonds. The van der Waals surface area contributed by atoms with E-state index in [2.05, 4.69) is 26.0 Å². The van der Waals surface area contributed by atoms with E-state index in [1.807, 2.05) is 18.2 Å². The van der Waals surface area contributed by atoms with Gasteiger partial charge in [0.05, 0.1) is 0 Å². The summed E-state index contributed by atoms with van der Waals surface area (Å²) in [5, 5.41) is 0. The predicted molar refractivity (Wildman–Crippen MR) is 67.4 cm³/mol. The summed E-state index contributed by atoms with van der Waals surface area (Å²) in [7, 11) is 0. The molecule has 16 heavy (non-hydrogen) atoms. The summed E-state index contributed by atoms with van der Waals surface area (Å²) in [6.07, 6.45) is 4.30. The van der Waals surface area contributed by atoms with Gasteiger partial charge >= 0.3 is 0 Å². The minimum absolute atomic E-state index is 0.197. The molecule has 0 saturated carbocycles. The Bertz CT molecular complexity index is 411. The number of para-hydroxylation sites is 1. The average Bonchev–Trinajstić information content (AvgIpc) is 2.28. The third kappa shape index (κ3) is 1.98. The Morgan fingerprint density at radius 1 is 1.31 bits per heavy atom. The monoisotopic (exact) mass is 217 g/mol. The van der Waals surface area contributed by atoms with E-state index in [9.17, 15) is 0 Å². The van der Waals surface area contributed by atoms with E-state index in [0.29, 0.717) is 6.54 Å². The van der Waals surface area contributed by atoms with Crippen LogP contribution in [0.5, 0.6) is 5.75 Å². The normalized spacial score (nSPS) is 23.3. The second kappa shape index (κ2) is 4.30. The molecule has 2 N–H and O–H groups in total. The van der Waals surface area contributed by atoms with Crippen LogP contribution in [0.4, 0.5) is 0 Å². The summed E-state index contributed by atoms with van der Waals surface area (Å²) in [5.74, 6) is 0.960. The molecule has 0 aliphatic carbocycles. The fourth-order valence-electron chi connectivity index (χ4n) is 2.34. The Balaban J connectivity index is 2.42. The molecule has 1 aromatic carbocycles. The highest BCUT2D eigenvalue weighted by Crippen LogP contribution is 2.37. The van der Waals surface area contributed by atoms with Crippen molar-refractivity contribution >= 4 is 5.57 Å². The molecule has 1 unspecified atom stereocenters. The number of nitrogens with two attached hydrogens (primary N) is 1. The molecule has 2 nitrogen and oxygen atoms in total. The zero-order valence-corrected chi connectivity index (χ0v) is 9.99. The minimum Gasteiger partial charge on any atom is -0.483 e. The lowest BCUT2D eigenvalue weighted by molar-refractivity contribution is 0.125. The molecule has 2 rings (SSSR count). The van der Waals surface area contributed by atoms with Crippen molar-refractivity contribution in [1.82, 2.24) is 0 Å². The summed E-state index contributed by atoms with van der Waals surface area (Å²) >= 11 is 0. The standard InChI is InChI=1S/C14H19NO/c1-3-8-14(2)9-11(10-15)12-6-4-5-7-13(12)16-14/h4-7,9H,3,8,10,15H2,1-2H3. The van der Waals surface area contributed by atoms with Crippen LogP contribution in [0, 0.1) is 0 Å². The van der Waals surface area contributed by atoms with E-state index in [0.717, 1.165) is 24.2 Å². The third-order valence-electron chi connectivity index (χ3n) is 3.02. The molecule has 0 bridgehead atoms. The Hall–Kier alpha value is -1.28. The lowest BCUT2D eigenvalue weighted by Crippen LogP contribution is -2.33. The summed E-state index contributed by atoms with van der Waals surface area (Å²) < 4.78 is 6.06. The molecule has 0 fully saturated rings. The van der Waals surface area contributed by atoms with Gasteiger partial charge in [-0.15, -0.1) is 0 Å². The Morgan fingerprint density at radius 2 is 2.06 bits per heavy atom. The molecule has 1 heterocycles. The number of benzene rings is 1. The van der Waals surface area contributed by atoms with Crippen molar-refractivity contribution in [1.29, 1.82) is 0 Å². The van der Waals surface area contributed by atoms with E-state index in [-0.39, 0.29) is 5.60 Å². The largest absolute Gasteiger partial charge is 0.483 e. The molecule has 1 aromatic rings. The van der Waals surface area contributed by atoms with Gasteiger partial charge in [0.2, 0.25) is 0 Å². The van der Waals surface area contributed by atoms with Gasteiger partial charge < -0.3 is 10.5 Å². The zero-order valence-electron chi connectivity index (χ0n) is 9.99. The molecule has 1 aliphatic rings. The Labute approximate surface area is 97.1 Å². The van der Waals surface area contributed by atoms with Crippen LogP contribution in [0.15, 0.2) is 30.3 Å². The second-order valence-electron chi connectivity index (χ2n) is 4.53. The van der Waals surface area contributed by atoms with Crippen LogP contribution in [0.1, 0.15) is 32.3 Å². The first-order valence-corrected chi connectivity index (χ1v) is 5.89. The van der Waals surface area contributed by atoms with Gasteiger partial charge in [-0.05, 0) is 31.1 Å². The van der Waals surface area contributed by atoms with Gasteiger partial charge in [0.25, 0.3) is 0 Å². The average molecular weight is 217 g/mol. The summed E-state index contributed by atoms with van der Waals surface area (Å²) in [6.45, 7) is 4.87. The first-order chi connectivity index (χ1) is 7.68. The first-order valence-electron chi connectivity index (χ1n) is 5.89. The number of hydrogen-bond donors (Lipinski definition) is 1. The first kappa shape index (κ1) is 11.2. The van der Waals surface area contributed by atoms with Gasteiger partial charge in [0.1, 0.15) is 11.4 Å². The lowest BCUT2D eigenvalue weighted by atomic mass is 9.90. The molecule has 0 saturated heterocycles. The van der Waals surface area contributed by atoms with Gasteiger partial charge in [-0.1, -0.05) is 31.5 Å². The van der Waals surface area contributed by atoms with Gasteiger partial charge in [-0.25, -0.2) is 0 Å². The molecule has 1 atom stereocenters. The van der Waals surface area contributed by atoms with Crippen molar-refractivity contribution in [2.75, 3.05) is 6.54 Å². The molecule has 1 aliphatic heterocycles. The van der Waals surface area contributed by atoms with Crippen molar-refractivity contribution < 1.29 is 4.74 Å². The number of fused-ring (bicyclic) bond motifs is 1. The maximum atomic E-state index is 6.06. The molecular weight excluding hydrogens is 198 g/mol. The maximum absolute atomic E-state index is 6.06. The van der Waals surface area contributed by atoms with Crippen molar-refractivity contribution in [2.45, 2.75) is 32.3 Å². The van der Waals surface area contributed by atoms with Crippen LogP contribution >= 0.6 is 0 Å². The van der Waals surface area contributed by atoms with Crippen molar-refractivity contribution in [2.24, 2.45) is 5.73 Å². The lowest BCUT2D eigenvalue weighted by Gasteiger charge is -2.33. The van der Waals surface area contributed by atoms with Crippen LogP contribution in [0.3, 0.4) is 0 Å². The molecule has 2 heteroatoms. The Kier molecular flexibility index (Phi) is 3.01. The van der Waals surface area contributed by atoms with E-state index in [1.54, 1.807) is 0 Å². The third-order valence-corrected chi connectivity index (χ3v) is 3.02. The topological polar surface area (TPSA) is 35.2 Å². The van der Waals surface area contributed by atoms with Crippen LogP contribution in [0.2, 0.25) is 0 Å². The molecule has 0 spiro atoms. The highest BCUT2D eigenvalue weighted by molar-refractivity contribution is 5.74. The van der Waals surface area contributed by atoms with Gasteiger partial charge in [0.15, 0.2) is 0 Å². The summed E-state index contributed by atoms with van der Waals surface area (Å²) in [6, 6.07) is 8.12. The Morgan fingerprint density at radius 3 is 2.75 bits per heavy atom. The van der Waals surface area contributed by atoms with Crippen molar-refractivity contribution in [3.63, 3.8) is 0 Å². The SMILES string of the molecule is CCCC1(C)C=C(CN)c2ccccc2O1. The second-order valence-corrected chi connectivity index (χ2v) is 4.53. The summed E-state index contributed by atoms with van der Waals surface area (Å²) in [4.78, 5) is 0. The van der Waals surface area contributed by atoms with Crippen molar-refractivity contribution in [3.05, 3.63) is 35.9 Å².